The minimum atomic E-state index is -1.43. The van der Waals surface area contributed by atoms with Crippen molar-refractivity contribution in [3.05, 3.63) is 47.5 Å². The van der Waals surface area contributed by atoms with E-state index in [1.54, 1.807) is 41.5 Å². The highest BCUT2D eigenvalue weighted by Crippen LogP contribution is 2.32. The molecule has 51 heavy (non-hydrogen) atoms. The van der Waals surface area contributed by atoms with Crippen LogP contribution in [0.5, 0.6) is 0 Å². The summed E-state index contributed by atoms with van der Waals surface area (Å²) >= 11 is 0. The first-order chi connectivity index (χ1) is 23.3. The van der Waals surface area contributed by atoms with E-state index in [4.69, 9.17) is 9.84 Å². The Morgan fingerprint density at radius 1 is 0.882 bits per heavy atom. The molecule has 0 aliphatic rings. The number of likely N-dealkylation sites (N-methyl/N-ethyl adjacent to an activating group) is 2. The maximum atomic E-state index is 14.2. The number of carbonyl (C=O) groups is 7. The molecule has 0 saturated heterocycles. The summed E-state index contributed by atoms with van der Waals surface area (Å²) in [6.07, 6.45) is -0.0473. The monoisotopic (exact) mass is 717 g/mol. The average molecular weight is 718 g/mol. The highest BCUT2D eigenvalue weighted by Gasteiger charge is 2.45. The summed E-state index contributed by atoms with van der Waals surface area (Å²) in [4.78, 5) is 90.8. The van der Waals surface area contributed by atoms with Crippen molar-refractivity contribution in [2.45, 2.75) is 104 Å². The molecule has 5 N–H and O–H groups in total. The molecular formula is C36H55N5O10. The van der Waals surface area contributed by atoms with Crippen LogP contribution in [0.15, 0.2) is 42.0 Å². The number of benzene rings is 1. The van der Waals surface area contributed by atoms with Crippen LogP contribution < -0.4 is 16.0 Å². The molecule has 5 amide bonds. The quantitative estimate of drug-likeness (QED) is 0.158. The highest BCUT2D eigenvalue weighted by molar-refractivity contribution is 5.96. The second-order valence-electron chi connectivity index (χ2n) is 15.1. The number of amides is 5. The van der Waals surface area contributed by atoms with Crippen molar-refractivity contribution >= 4 is 41.7 Å². The van der Waals surface area contributed by atoms with Gasteiger partial charge < -0.3 is 35.8 Å². The van der Waals surface area contributed by atoms with Gasteiger partial charge >= 0.3 is 18.0 Å². The van der Waals surface area contributed by atoms with Crippen molar-refractivity contribution in [2.24, 2.45) is 5.41 Å². The topological polar surface area (TPSA) is 212 Å². The van der Waals surface area contributed by atoms with Crippen molar-refractivity contribution in [1.29, 1.82) is 0 Å². The summed E-state index contributed by atoms with van der Waals surface area (Å²) in [5.41, 5.74) is -1.59. The van der Waals surface area contributed by atoms with Crippen LogP contribution in [-0.2, 0) is 38.9 Å². The zero-order chi connectivity index (χ0) is 39.5. The van der Waals surface area contributed by atoms with Crippen molar-refractivity contribution in [3.63, 3.8) is 0 Å². The molecule has 0 heterocycles. The van der Waals surface area contributed by atoms with Gasteiger partial charge in [0.05, 0.1) is 6.54 Å². The molecule has 284 valence electrons. The lowest BCUT2D eigenvalue weighted by Crippen LogP contribution is -2.62. The SMILES string of the molecule is C/C(=C\CN(C)C(=O)C(NC(=O)[C@@H](N(C)C(=O)OC(C)(C)C)C(C)(C)c1ccccc1)C(C)(C)C)C(=O)NCC(=O)N[C@H](CCC(=O)O)C(=O)O. The summed E-state index contributed by atoms with van der Waals surface area (Å²) in [5, 5.41) is 25.4. The summed E-state index contributed by atoms with van der Waals surface area (Å²) in [6.45, 7) is 15.1. The molecule has 0 saturated carbocycles. The Hall–Kier alpha value is -4.95. The van der Waals surface area contributed by atoms with Crippen LogP contribution in [0.2, 0.25) is 0 Å². The molecule has 0 spiro atoms. The Morgan fingerprint density at radius 2 is 1.45 bits per heavy atom. The zero-order valence-corrected chi connectivity index (χ0v) is 31.6. The molecule has 15 heteroatoms. The Bertz CT molecular complexity index is 1460. The fourth-order valence-electron chi connectivity index (χ4n) is 5.07. The maximum Gasteiger partial charge on any atom is 0.410 e. The number of rotatable bonds is 16. The summed E-state index contributed by atoms with van der Waals surface area (Å²) < 4.78 is 5.59. The van der Waals surface area contributed by atoms with Crippen LogP contribution in [0.4, 0.5) is 4.79 Å². The molecule has 1 aromatic carbocycles. The van der Waals surface area contributed by atoms with Gasteiger partial charge in [0.1, 0.15) is 23.7 Å². The highest BCUT2D eigenvalue weighted by atomic mass is 16.6. The van der Waals surface area contributed by atoms with Crippen LogP contribution >= 0.6 is 0 Å². The van der Waals surface area contributed by atoms with Gasteiger partial charge in [-0.15, -0.1) is 0 Å². The van der Waals surface area contributed by atoms with E-state index >= 15 is 0 Å². The van der Waals surface area contributed by atoms with Crippen LogP contribution in [0.3, 0.4) is 0 Å². The van der Waals surface area contributed by atoms with Crippen molar-refractivity contribution in [2.75, 3.05) is 27.2 Å². The molecule has 0 fully saturated rings. The molecule has 0 aliphatic carbocycles. The number of carboxylic acids is 2. The molecule has 0 aromatic heterocycles. The van der Waals surface area contributed by atoms with E-state index in [2.05, 4.69) is 16.0 Å². The van der Waals surface area contributed by atoms with E-state index < -0.39 is 89.2 Å². The van der Waals surface area contributed by atoms with E-state index in [9.17, 15) is 38.7 Å². The van der Waals surface area contributed by atoms with Gasteiger partial charge in [0.15, 0.2) is 0 Å². The van der Waals surface area contributed by atoms with E-state index in [0.717, 1.165) is 5.56 Å². The molecular weight excluding hydrogens is 662 g/mol. The molecule has 15 nitrogen and oxygen atoms in total. The van der Waals surface area contributed by atoms with E-state index in [0.29, 0.717) is 0 Å². The number of nitrogens with one attached hydrogen (secondary N) is 3. The number of aliphatic carboxylic acids is 2. The fraction of sp³-hybridized carbons (Fsp3) is 0.583. The zero-order valence-electron chi connectivity index (χ0n) is 31.6. The minimum absolute atomic E-state index is 0.0419. The van der Waals surface area contributed by atoms with Crippen LogP contribution in [0, 0.1) is 5.41 Å². The number of carbonyl (C=O) groups excluding carboxylic acids is 5. The first-order valence-electron chi connectivity index (χ1n) is 16.5. The Labute approximate surface area is 300 Å². The number of carboxylic acid groups (broad SMARTS) is 2. The number of nitrogens with zero attached hydrogens (tertiary/aromatic N) is 2. The normalized spacial score (nSPS) is 13.9. The van der Waals surface area contributed by atoms with Gasteiger partial charge in [-0.05, 0) is 45.1 Å². The Balaban J connectivity index is 3.16. The number of ether oxygens (including phenoxy) is 1. The fourth-order valence-corrected chi connectivity index (χ4v) is 5.07. The van der Waals surface area contributed by atoms with Crippen molar-refractivity contribution in [3.8, 4) is 0 Å². The predicted octanol–water partition coefficient (Wildman–Crippen LogP) is 2.69. The van der Waals surface area contributed by atoms with E-state index in [1.807, 2.05) is 44.2 Å². The molecule has 1 unspecified atom stereocenters. The molecule has 0 bridgehead atoms. The third kappa shape index (κ3) is 14.1. The van der Waals surface area contributed by atoms with Crippen molar-refractivity contribution in [1.82, 2.24) is 25.8 Å². The van der Waals surface area contributed by atoms with Crippen LogP contribution in [0.1, 0.15) is 80.7 Å². The van der Waals surface area contributed by atoms with E-state index in [1.165, 1.54) is 36.9 Å². The molecule has 3 atom stereocenters. The average Bonchev–Trinajstić information content (AvgIpc) is 3.01. The molecule has 1 aromatic rings. The second-order valence-corrected chi connectivity index (χ2v) is 15.1. The first kappa shape index (κ1) is 44.1. The first-order valence-corrected chi connectivity index (χ1v) is 16.5. The lowest BCUT2D eigenvalue weighted by Gasteiger charge is -2.42. The maximum absolute atomic E-state index is 14.2. The summed E-state index contributed by atoms with van der Waals surface area (Å²) in [6, 6.07) is 5.65. The minimum Gasteiger partial charge on any atom is -0.481 e. The lowest BCUT2D eigenvalue weighted by molar-refractivity contribution is -0.143. The smallest absolute Gasteiger partial charge is 0.410 e. The largest absolute Gasteiger partial charge is 0.481 e. The predicted molar refractivity (Wildman–Crippen MR) is 189 cm³/mol. The Kier molecular flexibility index (Phi) is 15.8. The summed E-state index contributed by atoms with van der Waals surface area (Å²) in [7, 11) is 2.99. The van der Waals surface area contributed by atoms with Crippen LogP contribution in [-0.4, -0.2) is 113 Å². The van der Waals surface area contributed by atoms with Gasteiger partial charge in [0, 0.05) is 38.0 Å². The standard InChI is InChI=1S/C36H55N5O10/c1-22(29(45)37-21-25(42)38-24(32(48)49)17-18-26(43)44)19-20-40(10)31(47)27(34(2,3)4)39-30(46)28(41(11)33(50)51-35(5,6)7)36(8,9)23-15-13-12-14-16-23/h12-16,19,24,27-28H,17-18,20-21H2,1-11H3,(H,37,45)(H,38,42)(H,39,46)(H,43,44)(H,48,49)/b22-19+/t24-,27?,28-/m1/s1. The van der Waals surface area contributed by atoms with Crippen LogP contribution in [0.25, 0.3) is 0 Å². The molecule has 0 aliphatic heterocycles. The van der Waals surface area contributed by atoms with Gasteiger partial charge in [0.2, 0.25) is 23.6 Å². The number of hydrogen-bond acceptors (Lipinski definition) is 8. The van der Waals surface area contributed by atoms with Gasteiger partial charge in [-0.1, -0.05) is 71.0 Å². The van der Waals surface area contributed by atoms with E-state index in [-0.39, 0.29) is 18.5 Å². The third-order valence-electron chi connectivity index (χ3n) is 8.01. The second kappa shape index (κ2) is 18.3. The Morgan fingerprint density at radius 3 is 1.94 bits per heavy atom. The molecule has 0 radical (unpaired) electrons. The van der Waals surface area contributed by atoms with Gasteiger partial charge in [-0.2, -0.15) is 0 Å². The lowest BCUT2D eigenvalue weighted by atomic mass is 9.76. The third-order valence-corrected chi connectivity index (χ3v) is 8.01. The van der Waals surface area contributed by atoms with Gasteiger partial charge in [-0.3, -0.25) is 28.9 Å². The summed E-state index contributed by atoms with van der Waals surface area (Å²) in [5.74, 6) is -5.13. The van der Waals surface area contributed by atoms with Gasteiger partial charge in [0.25, 0.3) is 0 Å². The molecule has 1 rings (SSSR count). The van der Waals surface area contributed by atoms with Crippen molar-refractivity contribution < 1.29 is 48.5 Å². The van der Waals surface area contributed by atoms with Gasteiger partial charge in [-0.25, -0.2) is 9.59 Å². The number of hydrogen-bond donors (Lipinski definition) is 5.